The molecule has 0 amide bonds. The van der Waals surface area contributed by atoms with Gasteiger partial charge in [-0.3, -0.25) is 4.68 Å². The highest BCUT2D eigenvalue weighted by Crippen LogP contribution is 2.25. The van der Waals surface area contributed by atoms with Gasteiger partial charge in [0.05, 0.1) is 11.3 Å². The Bertz CT molecular complexity index is 542. The first-order valence-electron chi connectivity index (χ1n) is 5.44. The van der Waals surface area contributed by atoms with Gasteiger partial charge in [0, 0.05) is 20.6 Å². The van der Waals surface area contributed by atoms with Gasteiger partial charge in [-0.15, -0.1) is 0 Å². The molecule has 0 aromatic carbocycles. The van der Waals surface area contributed by atoms with E-state index < -0.39 is 15.6 Å². The second-order valence-electron chi connectivity index (χ2n) is 5.00. The van der Waals surface area contributed by atoms with Crippen molar-refractivity contribution in [3.8, 4) is 0 Å². The van der Waals surface area contributed by atoms with Gasteiger partial charge in [0.25, 0.3) is 0 Å². The van der Waals surface area contributed by atoms with Crippen LogP contribution in [0.4, 0.5) is 5.82 Å². The second-order valence-corrected chi connectivity index (χ2v) is 6.98. The summed E-state index contributed by atoms with van der Waals surface area (Å²) in [5, 5.41) is 13.6. The molecule has 0 aliphatic carbocycles. The third kappa shape index (κ3) is 2.82. The number of nitrogens with two attached hydrogens (primary N) is 1. The van der Waals surface area contributed by atoms with Crippen LogP contribution in [0.15, 0.2) is 4.90 Å². The lowest BCUT2D eigenvalue weighted by Crippen LogP contribution is -2.40. The van der Waals surface area contributed by atoms with Crippen molar-refractivity contribution in [1.29, 1.82) is 0 Å². The van der Waals surface area contributed by atoms with Crippen molar-refractivity contribution < 1.29 is 13.5 Å². The number of aryl methyl sites for hydroxylation is 1. The van der Waals surface area contributed by atoms with Crippen LogP contribution in [0, 0.1) is 6.92 Å². The van der Waals surface area contributed by atoms with Gasteiger partial charge in [-0.25, -0.2) is 8.42 Å². The fraction of sp³-hybridized carbons (Fsp3) is 0.700. The third-order valence-corrected chi connectivity index (χ3v) is 4.55. The van der Waals surface area contributed by atoms with E-state index in [1.54, 1.807) is 27.8 Å². The number of hydrogen-bond donors (Lipinski definition) is 2. The largest absolute Gasteiger partial charge is 0.389 e. The van der Waals surface area contributed by atoms with Crippen LogP contribution in [0.3, 0.4) is 0 Å². The van der Waals surface area contributed by atoms with Crippen LogP contribution < -0.4 is 5.73 Å². The maximum absolute atomic E-state index is 12.3. The number of nitrogen functional groups attached to an aromatic ring is 1. The number of nitrogens with zero attached hydrogens (tertiary/aromatic N) is 3. The fourth-order valence-electron chi connectivity index (χ4n) is 1.72. The molecular formula is C10H20N4O3S. The molecule has 0 saturated heterocycles. The van der Waals surface area contributed by atoms with Gasteiger partial charge in [-0.05, 0) is 20.8 Å². The van der Waals surface area contributed by atoms with Crippen molar-refractivity contribution >= 4 is 15.8 Å². The lowest BCUT2D eigenvalue weighted by Gasteiger charge is -2.25. The first-order valence-corrected chi connectivity index (χ1v) is 6.88. The summed E-state index contributed by atoms with van der Waals surface area (Å²) in [5.74, 6) is -0.0300. The summed E-state index contributed by atoms with van der Waals surface area (Å²) in [4.78, 5) is -0.00301. The van der Waals surface area contributed by atoms with Gasteiger partial charge in [0.1, 0.15) is 4.90 Å². The summed E-state index contributed by atoms with van der Waals surface area (Å²) in [6, 6.07) is 0. The molecule has 18 heavy (non-hydrogen) atoms. The molecule has 0 atom stereocenters. The maximum Gasteiger partial charge on any atom is 0.248 e. The molecule has 0 spiro atoms. The molecule has 8 heteroatoms. The number of rotatable bonds is 4. The Labute approximate surface area is 107 Å². The van der Waals surface area contributed by atoms with E-state index in [4.69, 9.17) is 5.73 Å². The van der Waals surface area contributed by atoms with Crippen LogP contribution in [0.1, 0.15) is 19.5 Å². The quantitative estimate of drug-likeness (QED) is 0.786. The molecule has 0 bridgehead atoms. The molecule has 104 valence electrons. The van der Waals surface area contributed by atoms with Crippen LogP contribution in [0.25, 0.3) is 0 Å². The molecule has 0 radical (unpaired) electrons. The zero-order chi connectivity index (χ0) is 14.3. The minimum absolute atomic E-state index is 0.00301. The lowest BCUT2D eigenvalue weighted by atomic mass is 10.1. The molecule has 0 unspecified atom stereocenters. The summed E-state index contributed by atoms with van der Waals surface area (Å²) in [6.07, 6.45) is 0. The summed E-state index contributed by atoms with van der Waals surface area (Å²) in [7, 11) is -0.720. The van der Waals surface area contributed by atoms with E-state index in [9.17, 15) is 13.5 Å². The Morgan fingerprint density at radius 3 is 2.33 bits per heavy atom. The topological polar surface area (TPSA) is 101 Å². The fourth-order valence-corrected chi connectivity index (χ4v) is 3.33. The highest BCUT2D eigenvalue weighted by molar-refractivity contribution is 7.89. The number of sulfonamides is 1. The van der Waals surface area contributed by atoms with Crippen LogP contribution in [-0.2, 0) is 17.1 Å². The van der Waals surface area contributed by atoms with E-state index >= 15 is 0 Å². The lowest BCUT2D eigenvalue weighted by molar-refractivity contribution is 0.0640. The Morgan fingerprint density at radius 2 is 2.00 bits per heavy atom. The van der Waals surface area contributed by atoms with Crippen molar-refractivity contribution in [3.05, 3.63) is 5.69 Å². The van der Waals surface area contributed by atoms with E-state index in [1.165, 1.54) is 11.7 Å². The molecule has 3 N–H and O–H groups in total. The van der Waals surface area contributed by atoms with E-state index in [0.29, 0.717) is 5.69 Å². The number of anilines is 1. The van der Waals surface area contributed by atoms with Crippen LogP contribution >= 0.6 is 0 Å². The highest BCUT2D eigenvalue weighted by atomic mass is 32.2. The second kappa shape index (κ2) is 4.52. The molecule has 1 aromatic heterocycles. The normalized spacial score (nSPS) is 13.3. The van der Waals surface area contributed by atoms with Gasteiger partial charge >= 0.3 is 0 Å². The van der Waals surface area contributed by atoms with Crippen molar-refractivity contribution in [2.75, 3.05) is 19.3 Å². The predicted octanol–water partition coefficient (Wildman–Crippen LogP) is -0.298. The van der Waals surface area contributed by atoms with Crippen LogP contribution in [-0.4, -0.2) is 46.8 Å². The SMILES string of the molecule is Cc1c(S(=O)(=O)N(C)CC(C)(C)O)c(N)nn1C. The molecule has 0 aliphatic rings. The summed E-state index contributed by atoms with van der Waals surface area (Å²) >= 11 is 0. The molecule has 7 nitrogen and oxygen atoms in total. The predicted molar refractivity (Wildman–Crippen MR) is 68.5 cm³/mol. The van der Waals surface area contributed by atoms with E-state index in [0.717, 1.165) is 4.31 Å². The van der Waals surface area contributed by atoms with Gasteiger partial charge in [-0.1, -0.05) is 0 Å². The Balaban J connectivity index is 3.22. The average molecular weight is 276 g/mol. The zero-order valence-corrected chi connectivity index (χ0v) is 12.1. The number of aliphatic hydroxyl groups is 1. The Kier molecular flexibility index (Phi) is 3.75. The summed E-state index contributed by atoms with van der Waals surface area (Å²) in [5.41, 5.74) is 4.98. The smallest absolute Gasteiger partial charge is 0.248 e. The van der Waals surface area contributed by atoms with Crippen molar-refractivity contribution in [2.24, 2.45) is 7.05 Å². The van der Waals surface area contributed by atoms with Crippen molar-refractivity contribution in [1.82, 2.24) is 14.1 Å². The molecule has 1 rings (SSSR count). The first kappa shape index (κ1) is 14.9. The van der Waals surface area contributed by atoms with Gasteiger partial charge in [-0.2, -0.15) is 9.40 Å². The summed E-state index contributed by atoms with van der Waals surface area (Å²) in [6.45, 7) is 4.69. The van der Waals surface area contributed by atoms with Crippen molar-refractivity contribution in [2.45, 2.75) is 31.3 Å². The minimum Gasteiger partial charge on any atom is -0.389 e. The highest BCUT2D eigenvalue weighted by Gasteiger charge is 2.31. The Morgan fingerprint density at radius 1 is 1.50 bits per heavy atom. The molecule has 1 heterocycles. The molecule has 0 aliphatic heterocycles. The van der Waals surface area contributed by atoms with E-state index in [2.05, 4.69) is 5.10 Å². The maximum atomic E-state index is 12.3. The first-order chi connectivity index (χ1) is 7.97. The number of likely N-dealkylation sites (N-methyl/N-ethyl adjacent to an activating group) is 1. The standard InChI is InChI=1S/C10H20N4O3S/c1-7-8(9(11)12-14(7)5)18(16,17)13(4)6-10(2,3)15/h15H,6H2,1-5H3,(H2,11,12). The van der Waals surface area contributed by atoms with Crippen LogP contribution in [0.2, 0.25) is 0 Å². The van der Waals surface area contributed by atoms with Gasteiger partial charge in [0.2, 0.25) is 10.0 Å². The van der Waals surface area contributed by atoms with Gasteiger partial charge < -0.3 is 10.8 Å². The average Bonchev–Trinajstić information content (AvgIpc) is 2.38. The number of aromatic nitrogens is 2. The monoisotopic (exact) mass is 276 g/mol. The number of hydrogen-bond acceptors (Lipinski definition) is 5. The zero-order valence-electron chi connectivity index (χ0n) is 11.3. The van der Waals surface area contributed by atoms with Crippen molar-refractivity contribution in [3.63, 3.8) is 0 Å². The molecular weight excluding hydrogens is 256 g/mol. The molecule has 1 aromatic rings. The molecule has 0 fully saturated rings. The minimum atomic E-state index is -3.75. The van der Waals surface area contributed by atoms with Crippen LogP contribution in [0.5, 0.6) is 0 Å². The Hall–Kier alpha value is -1.12. The third-order valence-electron chi connectivity index (χ3n) is 2.58. The molecule has 0 saturated carbocycles. The van der Waals surface area contributed by atoms with E-state index in [1.807, 2.05) is 0 Å². The summed E-state index contributed by atoms with van der Waals surface area (Å²) < 4.78 is 27.2. The van der Waals surface area contributed by atoms with Gasteiger partial charge in [0.15, 0.2) is 5.82 Å². The van der Waals surface area contributed by atoms with E-state index in [-0.39, 0.29) is 17.3 Å².